The fourth-order valence-corrected chi connectivity index (χ4v) is 1.06. The van der Waals surface area contributed by atoms with Crippen LogP contribution >= 0.6 is 0 Å². The summed E-state index contributed by atoms with van der Waals surface area (Å²) in [5.74, 6) is 0. The zero-order valence-corrected chi connectivity index (χ0v) is 10.5. The van der Waals surface area contributed by atoms with E-state index in [1.54, 1.807) is 0 Å². The third kappa shape index (κ3) is 5.12. The Balaban J connectivity index is 0. The Morgan fingerprint density at radius 3 is 0.944 bits per heavy atom. The first-order valence-corrected chi connectivity index (χ1v) is 5.30. The minimum atomic E-state index is -1.16. The molecule has 0 amide bonds. The van der Waals surface area contributed by atoms with E-state index in [0.29, 0.717) is 0 Å². The molecular formula is C10H25NO7. The normalized spacial score (nSPS) is 12.3. The Labute approximate surface area is 106 Å². The van der Waals surface area contributed by atoms with E-state index in [4.69, 9.17) is 35.4 Å². The Hall–Kier alpha value is -0.320. The fraction of sp³-hybridized carbons (Fsp3) is 1.00. The van der Waals surface area contributed by atoms with Crippen molar-refractivity contribution in [2.24, 2.45) is 10.8 Å². The predicted octanol–water partition coefficient (Wildman–Crippen LogP) is -2.91. The SMILES string of the molecule is N.OCC(CO)(CO)COCC(CO)(CO)CO. The highest BCUT2D eigenvalue weighted by Crippen LogP contribution is 2.19. The second-order valence-electron chi connectivity index (χ2n) is 4.44. The molecule has 0 heterocycles. The molecule has 0 aromatic heterocycles. The summed E-state index contributed by atoms with van der Waals surface area (Å²) in [5, 5.41) is 54.2. The monoisotopic (exact) mass is 271 g/mol. The number of hydrogen-bond donors (Lipinski definition) is 7. The summed E-state index contributed by atoms with van der Waals surface area (Å²) in [6.07, 6.45) is 0. The predicted molar refractivity (Wildman–Crippen MR) is 63.2 cm³/mol. The van der Waals surface area contributed by atoms with E-state index in [-0.39, 0.29) is 19.4 Å². The van der Waals surface area contributed by atoms with E-state index in [2.05, 4.69) is 0 Å². The summed E-state index contributed by atoms with van der Waals surface area (Å²) in [6.45, 7) is -3.01. The van der Waals surface area contributed by atoms with Crippen LogP contribution in [0.15, 0.2) is 0 Å². The van der Waals surface area contributed by atoms with Crippen molar-refractivity contribution in [3.63, 3.8) is 0 Å². The number of hydrogen-bond acceptors (Lipinski definition) is 8. The molecule has 0 aromatic rings. The van der Waals surface area contributed by atoms with Crippen LogP contribution in [0.5, 0.6) is 0 Å². The molecule has 0 aliphatic rings. The maximum Gasteiger partial charge on any atom is 0.0629 e. The van der Waals surface area contributed by atoms with Crippen LogP contribution in [0, 0.1) is 10.8 Å². The minimum Gasteiger partial charge on any atom is -0.396 e. The van der Waals surface area contributed by atoms with E-state index >= 15 is 0 Å². The molecule has 8 heteroatoms. The first kappa shape index (κ1) is 20.0. The van der Waals surface area contributed by atoms with Crippen LogP contribution in [-0.2, 0) is 4.74 Å². The van der Waals surface area contributed by atoms with E-state index in [1.807, 2.05) is 0 Å². The van der Waals surface area contributed by atoms with Crippen molar-refractivity contribution in [2.45, 2.75) is 0 Å². The highest BCUT2D eigenvalue weighted by molar-refractivity contribution is 4.80. The lowest BCUT2D eigenvalue weighted by Crippen LogP contribution is -2.43. The Bertz CT molecular complexity index is 158. The van der Waals surface area contributed by atoms with Gasteiger partial charge in [0.2, 0.25) is 0 Å². The van der Waals surface area contributed by atoms with Gasteiger partial charge in [-0.3, -0.25) is 0 Å². The zero-order valence-electron chi connectivity index (χ0n) is 10.5. The summed E-state index contributed by atoms with van der Waals surface area (Å²) in [4.78, 5) is 0. The van der Waals surface area contributed by atoms with Crippen molar-refractivity contribution in [1.29, 1.82) is 0 Å². The lowest BCUT2D eigenvalue weighted by molar-refractivity contribution is -0.103. The van der Waals surface area contributed by atoms with Gasteiger partial charge in [0, 0.05) is 0 Å². The second kappa shape index (κ2) is 9.59. The van der Waals surface area contributed by atoms with Crippen LogP contribution in [0.1, 0.15) is 0 Å². The van der Waals surface area contributed by atoms with Gasteiger partial charge in [0.25, 0.3) is 0 Å². The van der Waals surface area contributed by atoms with Gasteiger partial charge in [-0.1, -0.05) is 0 Å². The summed E-state index contributed by atoms with van der Waals surface area (Å²) >= 11 is 0. The molecule has 0 spiro atoms. The lowest BCUT2D eigenvalue weighted by Gasteiger charge is -2.31. The number of aliphatic hydroxyl groups is 6. The quantitative estimate of drug-likeness (QED) is 0.222. The highest BCUT2D eigenvalue weighted by Gasteiger charge is 2.32. The highest BCUT2D eigenvalue weighted by atomic mass is 16.5. The molecule has 0 radical (unpaired) electrons. The molecule has 9 N–H and O–H groups in total. The maximum atomic E-state index is 9.03. The molecule has 0 bridgehead atoms. The van der Waals surface area contributed by atoms with E-state index in [1.165, 1.54) is 0 Å². The van der Waals surface area contributed by atoms with E-state index in [0.717, 1.165) is 0 Å². The number of rotatable bonds is 10. The van der Waals surface area contributed by atoms with Gasteiger partial charge in [-0.25, -0.2) is 0 Å². The van der Waals surface area contributed by atoms with Crippen molar-refractivity contribution in [3.8, 4) is 0 Å². The standard InChI is InChI=1S/C10H22O7.H3N/c11-1-9(2-12,3-13)7-17-8-10(4-14,5-15)6-16;/h11-16H,1-8H2;1H3. The number of ether oxygens (including phenoxy) is 1. The topological polar surface area (TPSA) is 166 Å². The van der Waals surface area contributed by atoms with Crippen molar-refractivity contribution >= 4 is 0 Å². The minimum absolute atomic E-state index is 0. The molecule has 0 aliphatic heterocycles. The molecule has 0 aromatic carbocycles. The third-order valence-corrected chi connectivity index (χ3v) is 2.83. The molecule has 18 heavy (non-hydrogen) atoms. The van der Waals surface area contributed by atoms with Crippen molar-refractivity contribution in [3.05, 3.63) is 0 Å². The van der Waals surface area contributed by atoms with Crippen LogP contribution in [0.2, 0.25) is 0 Å². The first-order valence-electron chi connectivity index (χ1n) is 5.30. The van der Waals surface area contributed by atoms with Gasteiger partial charge in [-0.2, -0.15) is 0 Å². The molecule has 0 rings (SSSR count). The molecule has 0 saturated heterocycles. The van der Waals surface area contributed by atoms with Gasteiger partial charge in [-0.05, 0) is 0 Å². The van der Waals surface area contributed by atoms with Gasteiger partial charge in [0.15, 0.2) is 0 Å². The van der Waals surface area contributed by atoms with Crippen molar-refractivity contribution in [2.75, 3.05) is 52.9 Å². The van der Waals surface area contributed by atoms with E-state index in [9.17, 15) is 0 Å². The summed E-state index contributed by atoms with van der Waals surface area (Å²) in [6, 6.07) is 0. The van der Waals surface area contributed by atoms with E-state index < -0.39 is 50.5 Å². The Kier molecular flexibility index (Phi) is 10.7. The second-order valence-corrected chi connectivity index (χ2v) is 4.44. The summed E-state index contributed by atoms with van der Waals surface area (Å²) in [5.41, 5.74) is -2.32. The Morgan fingerprint density at radius 1 is 0.556 bits per heavy atom. The lowest BCUT2D eigenvalue weighted by atomic mass is 9.91. The average Bonchev–Trinajstić information content (AvgIpc) is 2.41. The van der Waals surface area contributed by atoms with Gasteiger partial charge in [0.1, 0.15) is 0 Å². The summed E-state index contributed by atoms with van der Waals surface area (Å²) < 4.78 is 5.15. The zero-order chi connectivity index (χ0) is 13.4. The molecule has 0 unspecified atom stereocenters. The van der Waals surface area contributed by atoms with Gasteiger partial charge < -0.3 is 41.5 Å². The Morgan fingerprint density at radius 2 is 0.778 bits per heavy atom. The fourth-order valence-electron chi connectivity index (χ4n) is 1.06. The van der Waals surface area contributed by atoms with Gasteiger partial charge in [-0.15, -0.1) is 0 Å². The molecule has 0 aliphatic carbocycles. The van der Waals surface area contributed by atoms with Crippen LogP contribution in [0.3, 0.4) is 0 Å². The summed E-state index contributed by atoms with van der Waals surface area (Å²) in [7, 11) is 0. The third-order valence-electron chi connectivity index (χ3n) is 2.83. The molecular weight excluding hydrogens is 246 g/mol. The molecule has 112 valence electrons. The van der Waals surface area contributed by atoms with Crippen LogP contribution in [0.4, 0.5) is 0 Å². The van der Waals surface area contributed by atoms with Crippen LogP contribution < -0.4 is 6.15 Å². The van der Waals surface area contributed by atoms with Gasteiger partial charge >= 0.3 is 0 Å². The largest absolute Gasteiger partial charge is 0.396 e. The smallest absolute Gasteiger partial charge is 0.0629 e. The van der Waals surface area contributed by atoms with Crippen molar-refractivity contribution in [1.82, 2.24) is 6.15 Å². The van der Waals surface area contributed by atoms with Crippen LogP contribution in [-0.4, -0.2) is 83.5 Å². The van der Waals surface area contributed by atoms with Crippen LogP contribution in [0.25, 0.3) is 0 Å². The molecule has 0 fully saturated rings. The van der Waals surface area contributed by atoms with Gasteiger partial charge in [0.05, 0.1) is 63.7 Å². The molecule has 0 atom stereocenters. The molecule has 0 saturated carbocycles. The number of aliphatic hydroxyl groups excluding tert-OH is 6. The first-order chi connectivity index (χ1) is 8.07. The maximum absolute atomic E-state index is 9.03. The average molecular weight is 271 g/mol. The molecule has 8 nitrogen and oxygen atoms in total. The van der Waals surface area contributed by atoms with Crippen molar-refractivity contribution < 1.29 is 35.4 Å².